The minimum atomic E-state index is -1.04. The summed E-state index contributed by atoms with van der Waals surface area (Å²) >= 11 is 5.88. The Labute approximate surface area is 93.6 Å². The number of hydrogen-bond donors (Lipinski definition) is 1. The predicted octanol–water partition coefficient (Wildman–Crippen LogP) is 3.22. The molecular weight excluding hydrogens is 216 g/mol. The van der Waals surface area contributed by atoms with Crippen molar-refractivity contribution in [1.29, 1.82) is 0 Å². The molecule has 1 aromatic rings. The maximum atomic E-state index is 10.8. The van der Waals surface area contributed by atoms with Crippen molar-refractivity contribution in [3.05, 3.63) is 28.8 Å². The zero-order chi connectivity index (χ0) is 11.3. The highest BCUT2D eigenvalue weighted by molar-refractivity contribution is 6.34. The average Bonchev–Trinajstić information content (AvgIpc) is 2.20. The van der Waals surface area contributed by atoms with Crippen molar-refractivity contribution in [3.8, 4) is 5.75 Å². The molecule has 0 aliphatic heterocycles. The molecule has 1 rings (SSSR count). The van der Waals surface area contributed by atoms with Crippen molar-refractivity contribution in [1.82, 2.24) is 0 Å². The lowest BCUT2D eigenvalue weighted by atomic mass is 10.2. The minimum absolute atomic E-state index is 0.0747. The Morgan fingerprint density at radius 1 is 1.53 bits per heavy atom. The monoisotopic (exact) mass is 228 g/mol. The summed E-state index contributed by atoms with van der Waals surface area (Å²) in [6.45, 7) is 2.61. The Hall–Kier alpha value is -1.22. The molecule has 0 saturated heterocycles. The third kappa shape index (κ3) is 3.13. The molecule has 0 aliphatic rings. The van der Waals surface area contributed by atoms with E-state index in [1.807, 2.05) is 0 Å². The summed E-state index contributed by atoms with van der Waals surface area (Å²) in [6, 6.07) is 4.75. The van der Waals surface area contributed by atoms with Gasteiger partial charge in [-0.1, -0.05) is 31.0 Å². The van der Waals surface area contributed by atoms with Gasteiger partial charge in [-0.3, -0.25) is 0 Å². The quantitative estimate of drug-likeness (QED) is 0.788. The van der Waals surface area contributed by atoms with Crippen molar-refractivity contribution in [3.63, 3.8) is 0 Å². The molecule has 3 nitrogen and oxygen atoms in total. The molecule has 1 N–H and O–H groups in total. The van der Waals surface area contributed by atoms with E-state index >= 15 is 0 Å². The second-order valence-electron chi connectivity index (χ2n) is 3.12. The summed E-state index contributed by atoms with van der Waals surface area (Å²) in [7, 11) is 0. The van der Waals surface area contributed by atoms with Gasteiger partial charge < -0.3 is 9.84 Å². The molecule has 0 saturated carbocycles. The summed E-state index contributed by atoms with van der Waals surface area (Å²) in [4.78, 5) is 10.8. The van der Waals surface area contributed by atoms with Gasteiger partial charge in [0.15, 0.2) is 0 Å². The predicted molar refractivity (Wildman–Crippen MR) is 58.8 cm³/mol. The highest BCUT2D eigenvalue weighted by Gasteiger charge is 2.12. The number of carboxylic acids is 1. The zero-order valence-corrected chi connectivity index (χ0v) is 9.25. The van der Waals surface area contributed by atoms with Crippen LogP contribution in [0.4, 0.5) is 0 Å². The SMILES string of the molecule is CCCCOc1cccc(C(=O)O)c1Cl. The molecule has 82 valence electrons. The van der Waals surface area contributed by atoms with Crippen LogP contribution in [0.25, 0.3) is 0 Å². The number of halogens is 1. The van der Waals surface area contributed by atoms with Crippen LogP contribution in [0.15, 0.2) is 18.2 Å². The van der Waals surface area contributed by atoms with Gasteiger partial charge in [0.05, 0.1) is 17.2 Å². The van der Waals surface area contributed by atoms with Crippen LogP contribution in [0.3, 0.4) is 0 Å². The van der Waals surface area contributed by atoms with E-state index in [1.165, 1.54) is 6.07 Å². The van der Waals surface area contributed by atoms with Crippen molar-refractivity contribution >= 4 is 17.6 Å². The van der Waals surface area contributed by atoms with E-state index in [4.69, 9.17) is 21.4 Å². The highest BCUT2D eigenvalue weighted by atomic mass is 35.5. The van der Waals surface area contributed by atoms with Gasteiger partial charge in [0.2, 0.25) is 0 Å². The fraction of sp³-hybridized carbons (Fsp3) is 0.364. The Morgan fingerprint density at radius 2 is 2.27 bits per heavy atom. The lowest BCUT2D eigenvalue weighted by Crippen LogP contribution is -2.01. The molecule has 0 bridgehead atoms. The van der Waals surface area contributed by atoms with Crippen LogP contribution in [0, 0.1) is 0 Å². The molecule has 0 unspecified atom stereocenters. The van der Waals surface area contributed by atoms with Crippen molar-refractivity contribution in [2.75, 3.05) is 6.61 Å². The van der Waals surface area contributed by atoms with Crippen LogP contribution >= 0.6 is 11.6 Å². The Kier molecular flexibility index (Phi) is 4.43. The van der Waals surface area contributed by atoms with Crippen LogP contribution in [-0.4, -0.2) is 17.7 Å². The zero-order valence-electron chi connectivity index (χ0n) is 8.50. The fourth-order valence-electron chi connectivity index (χ4n) is 1.11. The van der Waals surface area contributed by atoms with E-state index in [-0.39, 0.29) is 10.6 Å². The average molecular weight is 229 g/mol. The summed E-state index contributed by atoms with van der Waals surface area (Å²) in [5.74, 6) is -0.606. The lowest BCUT2D eigenvalue weighted by Gasteiger charge is -2.08. The molecule has 0 fully saturated rings. The Balaban J connectivity index is 2.80. The van der Waals surface area contributed by atoms with Crippen molar-refractivity contribution < 1.29 is 14.6 Å². The standard InChI is InChI=1S/C11H13ClO3/c1-2-3-7-15-9-6-4-5-8(10(9)12)11(13)14/h4-6H,2-3,7H2,1H3,(H,13,14). The number of carbonyl (C=O) groups is 1. The highest BCUT2D eigenvalue weighted by Crippen LogP contribution is 2.28. The van der Waals surface area contributed by atoms with E-state index in [0.29, 0.717) is 12.4 Å². The van der Waals surface area contributed by atoms with E-state index in [9.17, 15) is 4.79 Å². The van der Waals surface area contributed by atoms with Crippen LogP contribution in [0.2, 0.25) is 5.02 Å². The first-order valence-corrected chi connectivity index (χ1v) is 5.19. The molecule has 0 heterocycles. The van der Waals surface area contributed by atoms with Crippen LogP contribution in [0.5, 0.6) is 5.75 Å². The van der Waals surface area contributed by atoms with Crippen LogP contribution in [0.1, 0.15) is 30.1 Å². The number of aromatic carboxylic acids is 1. The molecule has 1 aromatic carbocycles. The molecule has 0 amide bonds. The van der Waals surface area contributed by atoms with E-state index in [1.54, 1.807) is 12.1 Å². The fourth-order valence-corrected chi connectivity index (χ4v) is 1.38. The second-order valence-corrected chi connectivity index (χ2v) is 3.50. The molecular formula is C11H13ClO3. The first-order valence-electron chi connectivity index (χ1n) is 4.81. The maximum absolute atomic E-state index is 10.8. The normalized spacial score (nSPS) is 10.0. The molecule has 15 heavy (non-hydrogen) atoms. The van der Waals surface area contributed by atoms with Gasteiger partial charge in [0, 0.05) is 0 Å². The number of unbranched alkanes of at least 4 members (excludes halogenated alkanes) is 1. The minimum Gasteiger partial charge on any atom is -0.492 e. The summed E-state index contributed by atoms with van der Waals surface area (Å²) in [5.41, 5.74) is 0.0747. The first kappa shape index (κ1) is 11.9. The summed E-state index contributed by atoms with van der Waals surface area (Å²) in [5, 5.41) is 8.99. The van der Waals surface area contributed by atoms with Gasteiger partial charge in [-0.05, 0) is 18.6 Å². The molecule has 4 heteroatoms. The summed E-state index contributed by atoms with van der Waals surface area (Å²) in [6.07, 6.45) is 1.95. The van der Waals surface area contributed by atoms with Crippen LogP contribution < -0.4 is 4.74 Å². The molecule has 0 aromatic heterocycles. The Morgan fingerprint density at radius 3 is 2.87 bits per heavy atom. The van der Waals surface area contributed by atoms with Gasteiger partial charge in [-0.15, -0.1) is 0 Å². The van der Waals surface area contributed by atoms with Gasteiger partial charge in [0.25, 0.3) is 0 Å². The molecule has 0 atom stereocenters. The molecule has 0 spiro atoms. The molecule has 0 radical (unpaired) electrons. The Bertz CT molecular complexity index is 350. The van der Waals surface area contributed by atoms with E-state index in [2.05, 4.69) is 6.92 Å². The van der Waals surface area contributed by atoms with Crippen molar-refractivity contribution in [2.24, 2.45) is 0 Å². The number of carboxylic acid groups (broad SMARTS) is 1. The topological polar surface area (TPSA) is 46.5 Å². The molecule has 0 aliphatic carbocycles. The van der Waals surface area contributed by atoms with E-state index < -0.39 is 5.97 Å². The first-order chi connectivity index (χ1) is 7.16. The van der Waals surface area contributed by atoms with Gasteiger partial charge >= 0.3 is 5.97 Å². The van der Waals surface area contributed by atoms with E-state index in [0.717, 1.165) is 12.8 Å². The van der Waals surface area contributed by atoms with Gasteiger partial charge in [0.1, 0.15) is 5.75 Å². The van der Waals surface area contributed by atoms with Crippen LogP contribution in [-0.2, 0) is 0 Å². The maximum Gasteiger partial charge on any atom is 0.337 e. The van der Waals surface area contributed by atoms with Crippen molar-refractivity contribution in [2.45, 2.75) is 19.8 Å². The number of ether oxygens (including phenoxy) is 1. The lowest BCUT2D eigenvalue weighted by molar-refractivity contribution is 0.0696. The number of rotatable bonds is 5. The number of hydrogen-bond acceptors (Lipinski definition) is 2. The third-order valence-corrected chi connectivity index (χ3v) is 2.34. The van der Waals surface area contributed by atoms with Gasteiger partial charge in [-0.2, -0.15) is 0 Å². The number of benzene rings is 1. The van der Waals surface area contributed by atoms with Gasteiger partial charge in [-0.25, -0.2) is 4.79 Å². The second kappa shape index (κ2) is 5.61. The largest absolute Gasteiger partial charge is 0.492 e. The third-order valence-electron chi connectivity index (χ3n) is 1.95. The smallest absolute Gasteiger partial charge is 0.337 e. The summed E-state index contributed by atoms with van der Waals surface area (Å²) < 4.78 is 5.37.